The fourth-order valence-electron chi connectivity index (χ4n) is 4.30. The quantitative estimate of drug-likeness (QED) is 0.828. The second-order valence-electron chi connectivity index (χ2n) is 7.56. The van der Waals surface area contributed by atoms with Crippen LogP contribution in [0, 0.1) is 11.3 Å². The van der Waals surface area contributed by atoms with Gasteiger partial charge in [0.2, 0.25) is 0 Å². The number of oxazole rings is 1. The number of benzene rings is 1. The standard InChI is InChI=1S/C21H24N2O4/c1-23-16-12-21(13-22,10-9-17(16)27-20(23)24)14-7-8-18(25-2)19(11-14)26-15-5-3-4-6-15/h7-8,11,15H,3-6,9-10,12H2,1-2H3. The molecule has 0 radical (unpaired) electrons. The highest BCUT2D eigenvalue weighted by atomic mass is 16.5. The van der Waals surface area contributed by atoms with Crippen molar-refractivity contribution in [3.8, 4) is 17.6 Å². The fraction of sp³-hybridized carbons (Fsp3) is 0.524. The van der Waals surface area contributed by atoms with E-state index in [-0.39, 0.29) is 11.9 Å². The van der Waals surface area contributed by atoms with Gasteiger partial charge in [-0.15, -0.1) is 0 Å². The van der Waals surface area contributed by atoms with E-state index in [0.717, 1.165) is 24.1 Å². The van der Waals surface area contributed by atoms with E-state index in [2.05, 4.69) is 6.07 Å². The number of nitrogens with zero attached hydrogens (tertiary/aromatic N) is 2. The number of aromatic nitrogens is 1. The largest absolute Gasteiger partial charge is 0.493 e. The third-order valence-electron chi connectivity index (χ3n) is 5.99. The van der Waals surface area contributed by atoms with Crippen molar-refractivity contribution in [3.05, 3.63) is 45.8 Å². The van der Waals surface area contributed by atoms with E-state index < -0.39 is 5.41 Å². The minimum atomic E-state index is -0.707. The smallest absolute Gasteiger partial charge is 0.419 e. The Morgan fingerprint density at radius 3 is 2.78 bits per heavy atom. The van der Waals surface area contributed by atoms with Crippen molar-refractivity contribution >= 4 is 0 Å². The molecule has 142 valence electrons. The first-order chi connectivity index (χ1) is 13.1. The van der Waals surface area contributed by atoms with Crippen LogP contribution in [0.2, 0.25) is 0 Å². The molecular weight excluding hydrogens is 344 g/mol. The molecule has 0 spiro atoms. The van der Waals surface area contributed by atoms with Crippen molar-refractivity contribution in [2.75, 3.05) is 7.11 Å². The fourth-order valence-corrected chi connectivity index (χ4v) is 4.30. The first kappa shape index (κ1) is 17.7. The Morgan fingerprint density at radius 2 is 2.07 bits per heavy atom. The van der Waals surface area contributed by atoms with Gasteiger partial charge in [0, 0.05) is 19.9 Å². The third kappa shape index (κ3) is 3.01. The van der Waals surface area contributed by atoms with Crippen LogP contribution in [0.4, 0.5) is 0 Å². The summed E-state index contributed by atoms with van der Waals surface area (Å²) in [6.07, 6.45) is 6.32. The average Bonchev–Trinajstić information content (AvgIpc) is 3.30. The van der Waals surface area contributed by atoms with Gasteiger partial charge in [-0.2, -0.15) is 5.26 Å². The molecule has 2 aromatic rings. The number of hydrogen-bond acceptors (Lipinski definition) is 5. The van der Waals surface area contributed by atoms with Crippen molar-refractivity contribution in [1.82, 2.24) is 4.57 Å². The Hall–Kier alpha value is -2.68. The molecule has 0 aliphatic heterocycles. The van der Waals surface area contributed by atoms with Crippen molar-refractivity contribution < 1.29 is 13.9 Å². The SMILES string of the molecule is COc1ccc(C2(C#N)CCc3oc(=O)n(C)c3C2)cc1OC1CCCC1. The Kier molecular flexibility index (Phi) is 4.47. The summed E-state index contributed by atoms with van der Waals surface area (Å²) < 4.78 is 18.5. The predicted octanol–water partition coefficient (Wildman–Crippen LogP) is 3.26. The molecule has 0 amide bonds. The lowest BCUT2D eigenvalue weighted by Crippen LogP contribution is -2.33. The maximum absolute atomic E-state index is 11.8. The van der Waals surface area contributed by atoms with E-state index in [9.17, 15) is 10.1 Å². The normalized spacial score (nSPS) is 22.3. The van der Waals surface area contributed by atoms with E-state index in [4.69, 9.17) is 13.9 Å². The van der Waals surface area contributed by atoms with Gasteiger partial charge in [0.05, 0.1) is 30.4 Å². The van der Waals surface area contributed by atoms with Crippen LogP contribution in [-0.2, 0) is 25.3 Å². The Labute approximate surface area is 158 Å². The minimum Gasteiger partial charge on any atom is -0.493 e. The maximum atomic E-state index is 11.8. The number of hydrogen-bond donors (Lipinski definition) is 0. The van der Waals surface area contributed by atoms with Crippen LogP contribution in [0.1, 0.15) is 49.1 Å². The molecule has 1 aromatic carbocycles. The number of ether oxygens (including phenoxy) is 2. The molecule has 6 nitrogen and oxygen atoms in total. The van der Waals surface area contributed by atoms with Gasteiger partial charge in [-0.1, -0.05) is 6.07 Å². The molecule has 2 aliphatic carbocycles. The van der Waals surface area contributed by atoms with Gasteiger partial charge >= 0.3 is 5.76 Å². The topological polar surface area (TPSA) is 77.4 Å². The highest BCUT2D eigenvalue weighted by Crippen LogP contribution is 2.41. The van der Waals surface area contributed by atoms with E-state index in [1.165, 1.54) is 17.4 Å². The lowest BCUT2D eigenvalue weighted by Gasteiger charge is -2.31. The summed E-state index contributed by atoms with van der Waals surface area (Å²) in [7, 11) is 3.32. The van der Waals surface area contributed by atoms with Crippen molar-refractivity contribution in [3.63, 3.8) is 0 Å². The summed E-state index contributed by atoms with van der Waals surface area (Å²) in [6.45, 7) is 0. The van der Waals surface area contributed by atoms with Gasteiger partial charge in [-0.3, -0.25) is 4.57 Å². The molecular formula is C21H24N2O4. The third-order valence-corrected chi connectivity index (χ3v) is 5.99. The zero-order valence-corrected chi connectivity index (χ0v) is 15.8. The number of fused-ring (bicyclic) bond motifs is 1. The summed E-state index contributed by atoms with van der Waals surface area (Å²) in [6, 6.07) is 8.28. The van der Waals surface area contributed by atoms with E-state index >= 15 is 0 Å². The van der Waals surface area contributed by atoms with Crippen LogP contribution >= 0.6 is 0 Å². The van der Waals surface area contributed by atoms with Gasteiger partial charge in [0.15, 0.2) is 11.5 Å². The van der Waals surface area contributed by atoms with Gasteiger partial charge in [0.1, 0.15) is 5.76 Å². The molecule has 0 bridgehead atoms. The molecule has 1 fully saturated rings. The van der Waals surface area contributed by atoms with Crippen LogP contribution in [0.25, 0.3) is 0 Å². The van der Waals surface area contributed by atoms with Crippen LogP contribution in [-0.4, -0.2) is 17.8 Å². The van der Waals surface area contributed by atoms with Crippen molar-refractivity contribution in [2.24, 2.45) is 7.05 Å². The van der Waals surface area contributed by atoms with Gasteiger partial charge in [-0.05, 0) is 49.8 Å². The average molecular weight is 368 g/mol. The summed E-state index contributed by atoms with van der Waals surface area (Å²) in [5.74, 6) is 1.72. The van der Waals surface area contributed by atoms with E-state index in [1.54, 1.807) is 14.2 Å². The molecule has 1 unspecified atom stereocenters. The van der Waals surface area contributed by atoms with Crippen LogP contribution < -0.4 is 15.2 Å². The Bertz CT molecular complexity index is 946. The first-order valence-electron chi connectivity index (χ1n) is 9.50. The number of rotatable bonds is 4. The van der Waals surface area contributed by atoms with Gasteiger partial charge in [0.25, 0.3) is 0 Å². The molecule has 6 heteroatoms. The molecule has 1 heterocycles. The Morgan fingerprint density at radius 1 is 1.30 bits per heavy atom. The van der Waals surface area contributed by atoms with Crippen molar-refractivity contribution in [2.45, 2.75) is 56.5 Å². The molecule has 0 saturated heterocycles. The highest BCUT2D eigenvalue weighted by Gasteiger charge is 2.40. The molecule has 4 rings (SSSR count). The highest BCUT2D eigenvalue weighted by molar-refractivity contribution is 5.48. The Balaban J connectivity index is 1.71. The maximum Gasteiger partial charge on any atom is 0.419 e. The monoisotopic (exact) mass is 368 g/mol. The van der Waals surface area contributed by atoms with Gasteiger partial charge < -0.3 is 13.9 Å². The lowest BCUT2D eigenvalue weighted by molar-refractivity contribution is 0.200. The molecule has 0 N–H and O–H groups in total. The van der Waals surface area contributed by atoms with E-state index in [1.807, 2.05) is 18.2 Å². The number of aryl methyl sites for hydroxylation is 1. The number of nitriles is 1. The van der Waals surface area contributed by atoms with Crippen molar-refractivity contribution in [1.29, 1.82) is 5.26 Å². The zero-order valence-electron chi connectivity index (χ0n) is 15.8. The summed E-state index contributed by atoms with van der Waals surface area (Å²) in [4.78, 5) is 11.8. The molecule has 1 saturated carbocycles. The number of methoxy groups -OCH3 is 1. The second-order valence-corrected chi connectivity index (χ2v) is 7.56. The first-order valence-corrected chi connectivity index (χ1v) is 9.50. The molecule has 2 aliphatic rings. The molecule has 1 atom stereocenters. The lowest BCUT2D eigenvalue weighted by atomic mass is 9.71. The minimum absolute atomic E-state index is 0.208. The van der Waals surface area contributed by atoms with Crippen LogP contribution in [0.5, 0.6) is 11.5 Å². The van der Waals surface area contributed by atoms with E-state index in [0.29, 0.717) is 36.5 Å². The second kappa shape index (κ2) is 6.80. The predicted molar refractivity (Wildman–Crippen MR) is 99.1 cm³/mol. The summed E-state index contributed by atoms with van der Waals surface area (Å²) in [5.41, 5.74) is 1.00. The summed E-state index contributed by atoms with van der Waals surface area (Å²) >= 11 is 0. The van der Waals surface area contributed by atoms with Crippen LogP contribution in [0.3, 0.4) is 0 Å². The van der Waals surface area contributed by atoms with Crippen LogP contribution in [0.15, 0.2) is 27.4 Å². The summed E-state index contributed by atoms with van der Waals surface area (Å²) in [5, 5.41) is 10.1. The van der Waals surface area contributed by atoms with Gasteiger partial charge in [-0.25, -0.2) is 4.79 Å². The molecule has 27 heavy (non-hydrogen) atoms. The molecule has 1 aromatic heterocycles. The zero-order chi connectivity index (χ0) is 19.0.